The van der Waals surface area contributed by atoms with E-state index >= 15 is 0 Å². The van der Waals surface area contributed by atoms with Crippen LogP contribution in [0, 0.1) is 0 Å². The van der Waals surface area contributed by atoms with E-state index in [2.05, 4.69) is 37.6 Å². The molecule has 0 N–H and O–H groups in total. The van der Waals surface area contributed by atoms with Crippen LogP contribution in [0.5, 0.6) is 0 Å². The van der Waals surface area contributed by atoms with Gasteiger partial charge in [-0.1, -0.05) is 38.9 Å². The average Bonchev–Trinajstić information content (AvgIpc) is 1.92. The lowest BCUT2D eigenvalue weighted by molar-refractivity contribution is 1.19. The van der Waals surface area contributed by atoms with Crippen LogP contribution < -0.4 is 0 Å². The van der Waals surface area contributed by atoms with Crippen molar-refractivity contribution in [3.8, 4) is 0 Å². The molecule has 0 aliphatic carbocycles. The van der Waals surface area contributed by atoms with Gasteiger partial charge in [0.05, 0.1) is 18.3 Å². The summed E-state index contributed by atoms with van der Waals surface area (Å²) in [5.74, 6) is 0. The highest BCUT2D eigenvalue weighted by Gasteiger charge is 2.26. The van der Waals surface area contributed by atoms with Gasteiger partial charge in [0.2, 0.25) is 0 Å². The van der Waals surface area contributed by atoms with Gasteiger partial charge in [0, 0.05) is 0 Å². The Balaban J connectivity index is 4.31. The Morgan fingerprint density at radius 1 is 1.20 bits per heavy atom. The van der Waals surface area contributed by atoms with E-state index in [4.69, 9.17) is 0 Å². The van der Waals surface area contributed by atoms with Crippen molar-refractivity contribution >= 4 is 18.3 Å². The first-order valence-electron chi connectivity index (χ1n) is 4.04. The second-order valence-electron chi connectivity index (χ2n) is 2.82. The molecule has 0 aromatic rings. The third-order valence-corrected chi connectivity index (χ3v) is 9.60. The predicted octanol–water partition coefficient (Wildman–Crippen LogP) is 2.72. The van der Waals surface area contributed by atoms with E-state index in [1.54, 1.807) is 0 Å². The zero-order valence-corrected chi connectivity index (χ0v) is 9.33. The van der Waals surface area contributed by atoms with Crippen molar-refractivity contribution in [2.45, 2.75) is 38.9 Å². The lowest BCUT2D eigenvalue weighted by Gasteiger charge is -2.28. The molecular formula is C8H17Si2. The molecule has 0 aliphatic heterocycles. The minimum absolute atomic E-state index is 1.08. The summed E-state index contributed by atoms with van der Waals surface area (Å²) in [6.07, 6.45) is 0. The van der Waals surface area contributed by atoms with Gasteiger partial charge in [-0.2, -0.15) is 0 Å². The van der Waals surface area contributed by atoms with Gasteiger partial charge in [-0.3, -0.25) is 0 Å². The van der Waals surface area contributed by atoms with Crippen molar-refractivity contribution in [2.75, 3.05) is 0 Å². The smallest absolute Gasteiger partial charge is 0.0748 e. The van der Waals surface area contributed by atoms with Gasteiger partial charge in [0.1, 0.15) is 0 Å². The molecule has 0 nitrogen and oxygen atoms in total. The van der Waals surface area contributed by atoms with E-state index in [0.717, 1.165) is 0 Å². The summed E-state index contributed by atoms with van der Waals surface area (Å²) in [5, 5.41) is 0. The molecule has 0 fully saturated rings. The molecule has 10 heavy (non-hydrogen) atoms. The molecular weight excluding hydrogens is 152 g/mol. The van der Waals surface area contributed by atoms with Gasteiger partial charge >= 0.3 is 0 Å². The van der Waals surface area contributed by atoms with Crippen molar-refractivity contribution in [3.05, 3.63) is 11.4 Å². The fourth-order valence-electron chi connectivity index (χ4n) is 1.39. The minimum atomic E-state index is -1.08. The second kappa shape index (κ2) is 4.14. The van der Waals surface area contributed by atoms with Gasteiger partial charge < -0.3 is 0 Å². The maximum atomic E-state index is 4.02. The SMILES string of the molecule is C=C([Si])[Si](CC)(CC)CC. The van der Waals surface area contributed by atoms with Crippen molar-refractivity contribution in [1.82, 2.24) is 0 Å². The quantitative estimate of drug-likeness (QED) is 0.568. The number of hydrogen-bond acceptors (Lipinski definition) is 0. The number of rotatable bonds is 4. The Labute approximate surface area is 69.2 Å². The van der Waals surface area contributed by atoms with Gasteiger partial charge in [-0.25, -0.2) is 0 Å². The Bertz CT molecular complexity index is 106. The lowest BCUT2D eigenvalue weighted by atomic mass is 10.9. The minimum Gasteiger partial charge on any atom is -0.108 e. The Hall–Kier alpha value is 0.174. The standard InChI is InChI=1S/C8H17Si2/c1-5-10(6-2,7-3)8(4)9/h4-7H2,1-3H3. The molecule has 0 aromatic carbocycles. The van der Waals surface area contributed by atoms with Crippen molar-refractivity contribution in [3.63, 3.8) is 0 Å². The summed E-state index contributed by atoms with van der Waals surface area (Å²) in [4.78, 5) is 1.29. The summed E-state index contributed by atoms with van der Waals surface area (Å²) < 4.78 is 0. The molecule has 0 amide bonds. The summed E-state index contributed by atoms with van der Waals surface area (Å²) in [5.41, 5.74) is 0. The van der Waals surface area contributed by atoms with Crippen molar-refractivity contribution in [1.29, 1.82) is 0 Å². The highest BCUT2D eigenvalue weighted by atomic mass is 28.4. The average molecular weight is 169 g/mol. The Kier molecular flexibility index (Phi) is 4.21. The third kappa shape index (κ3) is 1.83. The van der Waals surface area contributed by atoms with Crippen LogP contribution in [0.25, 0.3) is 0 Å². The predicted molar refractivity (Wildman–Crippen MR) is 52.1 cm³/mol. The molecule has 2 heteroatoms. The van der Waals surface area contributed by atoms with Crippen LogP contribution in [-0.2, 0) is 0 Å². The van der Waals surface area contributed by atoms with E-state index in [1.165, 1.54) is 23.0 Å². The molecule has 0 atom stereocenters. The van der Waals surface area contributed by atoms with Gasteiger partial charge in [-0.05, 0) is 0 Å². The largest absolute Gasteiger partial charge is 0.108 e. The van der Waals surface area contributed by atoms with Gasteiger partial charge in [-0.15, -0.1) is 11.4 Å². The third-order valence-electron chi connectivity index (χ3n) is 2.67. The van der Waals surface area contributed by atoms with Crippen LogP contribution in [0.15, 0.2) is 11.4 Å². The van der Waals surface area contributed by atoms with Crippen molar-refractivity contribution in [2.24, 2.45) is 0 Å². The van der Waals surface area contributed by atoms with Crippen LogP contribution >= 0.6 is 0 Å². The summed E-state index contributed by atoms with van der Waals surface area (Å²) in [6.45, 7) is 10.9. The first-order valence-corrected chi connectivity index (χ1v) is 7.16. The topological polar surface area (TPSA) is 0 Å². The second-order valence-corrected chi connectivity index (χ2v) is 9.21. The molecule has 0 saturated carbocycles. The van der Waals surface area contributed by atoms with Gasteiger partial charge in [0.15, 0.2) is 0 Å². The fourth-order valence-corrected chi connectivity index (χ4v) is 5.76. The van der Waals surface area contributed by atoms with E-state index in [9.17, 15) is 0 Å². The summed E-state index contributed by atoms with van der Waals surface area (Å²) >= 11 is 0. The molecule has 0 aliphatic rings. The highest BCUT2D eigenvalue weighted by Crippen LogP contribution is 2.24. The molecule has 3 radical (unpaired) electrons. The van der Waals surface area contributed by atoms with Gasteiger partial charge in [0.25, 0.3) is 0 Å². The van der Waals surface area contributed by atoms with Crippen LogP contribution in [0.4, 0.5) is 0 Å². The van der Waals surface area contributed by atoms with Crippen LogP contribution in [-0.4, -0.2) is 18.3 Å². The molecule has 0 bridgehead atoms. The van der Waals surface area contributed by atoms with E-state index < -0.39 is 8.07 Å². The molecule has 0 rings (SSSR count). The maximum Gasteiger partial charge on any atom is 0.0748 e. The monoisotopic (exact) mass is 169 g/mol. The van der Waals surface area contributed by atoms with E-state index in [-0.39, 0.29) is 0 Å². The maximum absolute atomic E-state index is 4.02. The summed E-state index contributed by atoms with van der Waals surface area (Å²) in [7, 11) is 2.52. The molecule has 57 valence electrons. The van der Waals surface area contributed by atoms with Crippen molar-refractivity contribution < 1.29 is 0 Å². The van der Waals surface area contributed by atoms with Crippen LogP contribution in [0.1, 0.15) is 20.8 Å². The zero-order chi connectivity index (χ0) is 8.20. The number of hydrogen-bond donors (Lipinski definition) is 0. The Morgan fingerprint density at radius 2 is 1.50 bits per heavy atom. The van der Waals surface area contributed by atoms with Crippen LogP contribution in [0.2, 0.25) is 18.1 Å². The first kappa shape index (κ1) is 10.2. The highest BCUT2D eigenvalue weighted by molar-refractivity contribution is 6.92. The van der Waals surface area contributed by atoms with E-state index in [1.807, 2.05) is 0 Å². The molecule has 0 saturated heterocycles. The van der Waals surface area contributed by atoms with E-state index in [0.29, 0.717) is 0 Å². The Morgan fingerprint density at radius 3 is 1.50 bits per heavy atom. The van der Waals surface area contributed by atoms with Crippen LogP contribution in [0.3, 0.4) is 0 Å². The lowest BCUT2D eigenvalue weighted by Crippen LogP contribution is -2.34. The fraction of sp³-hybridized carbons (Fsp3) is 0.750. The first-order chi connectivity index (χ1) is 4.63. The molecule has 0 spiro atoms. The zero-order valence-electron chi connectivity index (χ0n) is 7.33. The molecule has 0 unspecified atom stereocenters. The molecule has 0 heterocycles. The molecule has 0 aromatic heterocycles. The normalized spacial score (nSPS) is 11.6. The summed E-state index contributed by atoms with van der Waals surface area (Å²) in [6, 6.07) is 3.97.